The van der Waals surface area contributed by atoms with E-state index in [1.807, 2.05) is 62.4 Å². The molecule has 0 bridgehead atoms. The maximum absolute atomic E-state index is 13.7. The van der Waals surface area contributed by atoms with Crippen molar-refractivity contribution in [1.29, 1.82) is 0 Å². The molecule has 35 heavy (non-hydrogen) atoms. The van der Waals surface area contributed by atoms with Gasteiger partial charge in [-0.3, -0.25) is 18.8 Å². The van der Waals surface area contributed by atoms with Crippen molar-refractivity contribution >= 4 is 34.4 Å². The van der Waals surface area contributed by atoms with Crippen LogP contribution in [0.5, 0.6) is 5.75 Å². The van der Waals surface area contributed by atoms with Crippen LogP contribution in [0.4, 0.5) is 5.69 Å². The molecule has 0 aliphatic carbocycles. The molecule has 1 N–H and O–H groups in total. The number of para-hydroxylation sites is 1. The molecule has 0 aliphatic heterocycles. The molecular formula is C26H29N5O3S. The fourth-order valence-electron chi connectivity index (χ4n) is 3.97. The molecule has 2 aromatic carbocycles. The van der Waals surface area contributed by atoms with Gasteiger partial charge in [0.2, 0.25) is 5.91 Å². The van der Waals surface area contributed by atoms with Crippen molar-refractivity contribution in [2.75, 3.05) is 18.2 Å². The summed E-state index contributed by atoms with van der Waals surface area (Å²) < 4.78 is 8.77. The SMILES string of the molecule is CCc1cccc(NC(=O)CSc2nc3c(C)nn(CC)c3c(=O)n2Cc2ccccc2OC)c1. The van der Waals surface area contributed by atoms with Crippen LogP contribution in [0.15, 0.2) is 58.5 Å². The number of aromatic nitrogens is 4. The van der Waals surface area contributed by atoms with Gasteiger partial charge in [-0.15, -0.1) is 0 Å². The monoisotopic (exact) mass is 491 g/mol. The van der Waals surface area contributed by atoms with E-state index in [1.165, 1.54) is 11.8 Å². The Hall–Kier alpha value is -3.59. The van der Waals surface area contributed by atoms with Crippen LogP contribution in [-0.2, 0) is 24.3 Å². The van der Waals surface area contributed by atoms with Crippen LogP contribution in [0.25, 0.3) is 11.0 Å². The third kappa shape index (κ3) is 5.24. The number of nitrogens with one attached hydrogen (secondary N) is 1. The van der Waals surface area contributed by atoms with E-state index in [0.717, 1.165) is 23.2 Å². The number of rotatable bonds is 9. The number of hydrogen-bond donors (Lipinski definition) is 1. The third-order valence-electron chi connectivity index (χ3n) is 5.75. The van der Waals surface area contributed by atoms with Crippen LogP contribution in [0.1, 0.15) is 30.7 Å². The zero-order valence-electron chi connectivity index (χ0n) is 20.4. The topological polar surface area (TPSA) is 91.0 Å². The Balaban J connectivity index is 1.68. The highest BCUT2D eigenvalue weighted by molar-refractivity contribution is 7.99. The van der Waals surface area contributed by atoms with Gasteiger partial charge in [-0.2, -0.15) is 5.10 Å². The van der Waals surface area contributed by atoms with Gasteiger partial charge in [0.05, 0.1) is 25.1 Å². The molecule has 182 valence electrons. The summed E-state index contributed by atoms with van der Waals surface area (Å²) in [6.45, 7) is 6.68. The normalized spacial score (nSPS) is 11.1. The van der Waals surface area contributed by atoms with Gasteiger partial charge in [0.15, 0.2) is 10.7 Å². The quantitative estimate of drug-likeness (QED) is 0.278. The first-order valence-electron chi connectivity index (χ1n) is 11.6. The number of aryl methyl sites for hydroxylation is 3. The minimum Gasteiger partial charge on any atom is -0.496 e. The number of ether oxygens (including phenoxy) is 1. The number of hydrogen-bond acceptors (Lipinski definition) is 6. The summed E-state index contributed by atoms with van der Waals surface area (Å²) >= 11 is 1.23. The van der Waals surface area contributed by atoms with E-state index in [1.54, 1.807) is 16.4 Å². The number of anilines is 1. The van der Waals surface area contributed by atoms with Gasteiger partial charge in [-0.1, -0.05) is 49.0 Å². The Labute approximate surface area is 208 Å². The Morgan fingerprint density at radius 1 is 1.14 bits per heavy atom. The highest BCUT2D eigenvalue weighted by Crippen LogP contribution is 2.24. The van der Waals surface area contributed by atoms with E-state index in [-0.39, 0.29) is 23.8 Å². The molecule has 8 nitrogen and oxygen atoms in total. The van der Waals surface area contributed by atoms with Crippen molar-refractivity contribution in [3.05, 3.63) is 75.7 Å². The number of carbonyl (C=O) groups is 1. The molecule has 2 aromatic heterocycles. The van der Waals surface area contributed by atoms with E-state index in [9.17, 15) is 9.59 Å². The number of amides is 1. The lowest BCUT2D eigenvalue weighted by Gasteiger charge is -2.15. The molecule has 0 aliphatic rings. The van der Waals surface area contributed by atoms with Gasteiger partial charge >= 0.3 is 0 Å². The molecule has 0 radical (unpaired) electrons. The predicted molar refractivity (Wildman–Crippen MR) is 139 cm³/mol. The highest BCUT2D eigenvalue weighted by atomic mass is 32.2. The van der Waals surface area contributed by atoms with E-state index in [0.29, 0.717) is 34.2 Å². The lowest BCUT2D eigenvalue weighted by molar-refractivity contribution is -0.113. The molecule has 0 fully saturated rings. The smallest absolute Gasteiger partial charge is 0.280 e. The Kier molecular flexibility index (Phi) is 7.55. The first kappa shape index (κ1) is 24.5. The molecular weight excluding hydrogens is 462 g/mol. The van der Waals surface area contributed by atoms with Crippen molar-refractivity contribution in [2.45, 2.75) is 45.4 Å². The summed E-state index contributed by atoms with van der Waals surface area (Å²) in [7, 11) is 1.60. The van der Waals surface area contributed by atoms with Crippen molar-refractivity contribution in [2.24, 2.45) is 0 Å². The van der Waals surface area contributed by atoms with Gasteiger partial charge in [-0.25, -0.2) is 4.98 Å². The molecule has 4 aromatic rings. The van der Waals surface area contributed by atoms with Gasteiger partial charge < -0.3 is 10.1 Å². The van der Waals surface area contributed by atoms with Crippen LogP contribution in [0.2, 0.25) is 0 Å². The van der Waals surface area contributed by atoms with Crippen molar-refractivity contribution in [3.63, 3.8) is 0 Å². The second kappa shape index (κ2) is 10.8. The number of carbonyl (C=O) groups excluding carboxylic acids is 1. The fraction of sp³-hybridized carbons (Fsp3) is 0.308. The molecule has 0 saturated carbocycles. The maximum Gasteiger partial charge on any atom is 0.280 e. The van der Waals surface area contributed by atoms with Crippen LogP contribution in [0.3, 0.4) is 0 Å². The maximum atomic E-state index is 13.7. The van der Waals surface area contributed by atoms with E-state index >= 15 is 0 Å². The summed E-state index contributed by atoms with van der Waals surface area (Å²) in [5.41, 5.74) is 4.27. The van der Waals surface area contributed by atoms with Crippen molar-refractivity contribution in [3.8, 4) is 5.75 Å². The van der Waals surface area contributed by atoms with Gasteiger partial charge in [0.1, 0.15) is 11.3 Å². The number of thioether (sulfide) groups is 1. The van der Waals surface area contributed by atoms with E-state index in [2.05, 4.69) is 17.3 Å². The Morgan fingerprint density at radius 3 is 2.69 bits per heavy atom. The number of fused-ring (bicyclic) bond motifs is 1. The molecule has 0 atom stereocenters. The van der Waals surface area contributed by atoms with Gasteiger partial charge in [0.25, 0.3) is 5.56 Å². The summed E-state index contributed by atoms with van der Waals surface area (Å²) in [6.07, 6.45) is 0.891. The fourth-order valence-corrected chi connectivity index (χ4v) is 4.76. The third-order valence-corrected chi connectivity index (χ3v) is 6.73. The number of benzene rings is 2. The largest absolute Gasteiger partial charge is 0.496 e. The summed E-state index contributed by atoms with van der Waals surface area (Å²) in [6, 6.07) is 15.3. The zero-order chi connectivity index (χ0) is 24.9. The average Bonchev–Trinajstić information content (AvgIpc) is 3.20. The average molecular weight is 492 g/mol. The van der Waals surface area contributed by atoms with E-state index in [4.69, 9.17) is 9.72 Å². The molecule has 0 saturated heterocycles. The standard InChI is InChI=1S/C26H29N5O3S/c1-5-18-10-9-12-20(14-18)27-22(32)16-35-26-28-23-17(3)29-31(6-2)24(23)25(33)30(26)15-19-11-7-8-13-21(19)34-4/h7-14H,5-6,15-16H2,1-4H3,(H,27,32). The van der Waals surface area contributed by atoms with Gasteiger partial charge in [-0.05, 0) is 44.0 Å². The Morgan fingerprint density at radius 2 is 1.94 bits per heavy atom. The van der Waals surface area contributed by atoms with Crippen LogP contribution < -0.4 is 15.6 Å². The number of nitrogens with zero attached hydrogens (tertiary/aromatic N) is 4. The zero-order valence-corrected chi connectivity index (χ0v) is 21.2. The summed E-state index contributed by atoms with van der Waals surface area (Å²) in [5.74, 6) is 0.632. The first-order chi connectivity index (χ1) is 16.9. The first-order valence-corrected chi connectivity index (χ1v) is 12.5. The second-order valence-corrected chi connectivity index (χ2v) is 9.03. The molecule has 0 spiro atoms. The van der Waals surface area contributed by atoms with Crippen LogP contribution in [-0.4, -0.2) is 38.1 Å². The lowest BCUT2D eigenvalue weighted by Crippen LogP contribution is -2.26. The second-order valence-electron chi connectivity index (χ2n) is 8.09. The highest BCUT2D eigenvalue weighted by Gasteiger charge is 2.20. The summed E-state index contributed by atoms with van der Waals surface area (Å²) in [4.78, 5) is 31.2. The van der Waals surface area contributed by atoms with Crippen molar-refractivity contribution in [1.82, 2.24) is 19.3 Å². The van der Waals surface area contributed by atoms with Gasteiger partial charge in [0, 0.05) is 17.8 Å². The molecule has 0 unspecified atom stereocenters. The van der Waals surface area contributed by atoms with E-state index < -0.39 is 0 Å². The molecule has 4 rings (SSSR count). The molecule has 1 amide bonds. The minimum absolute atomic E-state index is 0.112. The minimum atomic E-state index is -0.193. The molecule has 2 heterocycles. The summed E-state index contributed by atoms with van der Waals surface area (Å²) in [5, 5.41) is 7.89. The van der Waals surface area contributed by atoms with Crippen LogP contribution >= 0.6 is 11.8 Å². The predicted octanol–water partition coefficient (Wildman–Crippen LogP) is 4.27. The molecule has 9 heteroatoms. The van der Waals surface area contributed by atoms with Crippen molar-refractivity contribution < 1.29 is 9.53 Å². The van der Waals surface area contributed by atoms with Crippen LogP contribution in [0, 0.1) is 6.92 Å². The Bertz CT molecular complexity index is 1430. The lowest BCUT2D eigenvalue weighted by atomic mass is 10.1. The number of methoxy groups -OCH3 is 1.